The van der Waals surface area contributed by atoms with Crippen LogP contribution in [0.1, 0.15) is 35.3 Å². The van der Waals surface area contributed by atoms with Gasteiger partial charge in [-0.15, -0.1) is 11.3 Å². The molecule has 0 radical (unpaired) electrons. The van der Waals surface area contributed by atoms with Crippen molar-refractivity contribution in [2.45, 2.75) is 19.4 Å². The molecule has 4 rings (SSSR count). The van der Waals surface area contributed by atoms with Crippen LogP contribution in [0.2, 0.25) is 5.02 Å². The molecule has 3 aromatic rings. The Morgan fingerprint density at radius 2 is 2.13 bits per heavy atom. The summed E-state index contributed by atoms with van der Waals surface area (Å²) in [6.07, 6.45) is 0.678. The molecule has 1 aliphatic rings. The molecule has 0 bridgehead atoms. The van der Waals surface area contributed by atoms with Crippen molar-refractivity contribution >= 4 is 39.9 Å². The van der Waals surface area contributed by atoms with Crippen LogP contribution in [0.15, 0.2) is 41.8 Å². The van der Waals surface area contributed by atoms with E-state index in [1.807, 2.05) is 18.2 Å². The highest BCUT2D eigenvalue weighted by Gasteiger charge is 2.23. The predicted octanol–water partition coefficient (Wildman–Crippen LogP) is 4.81. The van der Waals surface area contributed by atoms with Crippen molar-refractivity contribution in [2.24, 2.45) is 0 Å². The van der Waals surface area contributed by atoms with Crippen LogP contribution >= 0.6 is 22.9 Å². The minimum Gasteiger partial charge on any atom is -0.493 e. The number of carbonyl (C=O) groups is 2. The van der Waals surface area contributed by atoms with Gasteiger partial charge in [0.05, 0.1) is 28.9 Å². The van der Waals surface area contributed by atoms with Crippen molar-refractivity contribution in [3.05, 3.63) is 63.7 Å². The highest BCUT2D eigenvalue weighted by molar-refractivity contribution is 7.14. The zero-order valence-electron chi connectivity index (χ0n) is 15.9. The summed E-state index contributed by atoms with van der Waals surface area (Å²) in [5.74, 6) is -0.746. The summed E-state index contributed by atoms with van der Waals surface area (Å²) in [5, 5.41) is 7.67. The Morgan fingerprint density at radius 1 is 1.30 bits per heavy atom. The molecule has 0 saturated carbocycles. The lowest BCUT2D eigenvalue weighted by Crippen LogP contribution is -2.30. The van der Waals surface area contributed by atoms with E-state index in [0.29, 0.717) is 23.9 Å². The highest BCUT2D eigenvalue weighted by Crippen LogP contribution is 2.36. The molecule has 154 valence electrons. The van der Waals surface area contributed by atoms with Gasteiger partial charge in [0.15, 0.2) is 5.13 Å². The summed E-state index contributed by atoms with van der Waals surface area (Å²) in [6.45, 7) is 2.01. The maximum absolute atomic E-state index is 14.0. The van der Waals surface area contributed by atoms with Crippen LogP contribution in [-0.4, -0.2) is 23.4 Å². The number of ether oxygens (including phenoxy) is 1. The second-order valence-corrected chi connectivity index (χ2v) is 8.00. The van der Waals surface area contributed by atoms with Crippen LogP contribution in [-0.2, 0) is 4.79 Å². The fourth-order valence-corrected chi connectivity index (χ4v) is 4.25. The average Bonchev–Trinajstić information content (AvgIpc) is 3.16. The predicted molar refractivity (Wildman–Crippen MR) is 114 cm³/mol. The third-order valence-electron chi connectivity index (χ3n) is 4.64. The number of hydrogen-bond donors (Lipinski definition) is 2. The van der Waals surface area contributed by atoms with Crippen molar-refractivity contribution in [2.75, 3.05) is 11.9 Å². The van der Waals surface area contributed by atoms with E-state index in [2.05, 4.69) is 15.6 Å². The molecule has 0 saturated heterocycles. The average molecular weight is 446 g/mol. The molecule has 30 heavy (non-hydrogen) atoms. The molecule has 2 amide bonds. The third-order valence-corrected chi connectivity index (χ3v) is 5.71. The first-order chi connectivity index (χ1) is 14.4. The van der Waals surface area contributed by atoms with Crippen molar-refractivity contribution in [3.63, 3.8) is 0 Å². The first kappa shape index (κ1) is 20.3. The first-order valence-electron chi connectivity index (χ1n) is 9.17. The summed E-state index contributed by atoms with van der Waals surface area (Å²) in [4.78, 5) is 28.4. The lowest BCUT2D eigenvalue weighted by molar-refractivity contribution is -0.119. The molecule has 1 aliphatic heterocycles. The SMILES string of the molecule is CC(=O)NC1CCOc2ccc(-c3csc(NC(=O)c4c(F)cccc4Cl)n3)cc21. The third kappa shape index (κ3) is 4.15. The van der Waals surface area contributed by atoms with Crippen LogP contribution in [0.5, 0.6) is 5.75 Å². The summed E-state index contributed by atoms with van der Waals surface area (Å²) < 4.78 is 19.6. The molecule has 6 nitrogen and oxygen atoms in total. The van der Waals surface area contributed by atoms with Crippen molar-refractivity contribution < 1.29 is 18.7 Å². The Hall–Kier alpha value is -2.97. The van der Waals surface area contributed by atoms with Crippen LogP contribution in [0, 0.1) is 5.82 Å². The molecule has 0 spiro atoms. The quantitative estimate of drug-likeness (QED) is 0.603. The van der Waals surface area contributed by atoms with Gasteiger partial charge in [-0.05, 0) is 30.3 Å². The Morgan fingerprint density at radius 3 is 2.90 bits per heavy atom. The van der Waals surface area contributed by atoms with Crippen LogP contribution < -0.4 is 15.4 Å². The number of fused-ring (bicyclic) bond motifs is 1. The zero-order chi connectivity index (χ0) is 21.3. The van der Waals surface area contributed by atoms with E-state index in [4.69, 9.17) is 16.3 Å². The van der Waals surface area contributed by atoms with Gasteiger partial charge in [0, 0.05) is 29.9 Å². The van der Waals surface area contributed by atoms with E-state index < -0.39 is 11.7 Å². The van der Waals surface area contributed by atoms with Gasteiger partial charge in [-0.1, -0.05) is 17.7 Å². The van der Waals surface area contributed by atoms with Crippen molar-refractivity contribution in [3.8, 4) is 17.0 Å². The maximum Gasteiger partial charge on any atom is 0.261 e. The van der Waals surface area contributed by atoms with Gasteiger partial charge in [-0.25, -0.2) is 9.37 Å². The van der Waals surface area contributed by atoms with Gasteiger partial charge in [0.2, 0.25) is 5.91 Å². The monoisotopic (exact) mass is 445 g/mol. The van der Waals surface area contributed by atoms with Gasteiger partial charge in [-0.2, -0.15) is 0 Å². The summed E-state index contributed by atoms with van der Waals surface area (Å²) in [5.41, 5.74) is 2.12. The fourth-order valence-electron chi connectivity index (χ4n) is 3.29. The molecule has 2 aromatic carbocycles. The standard InChI is InChI=1S/C21H17ClFN3O3S/c1-11(27)24-16-7-8-29-18-6-5-12(9-13(16)18)17-10-30-21(25-17)26-20(28)19-14(22)3-2-4-15(19)23/h2-6,9-10,16H,7-8H2,1H3,(H,24,27)(H,25,26,28). The summed E-state index contributed by atoms with van der Waals surface area (Å²) in [6, 6.07) is 9.56. The van der Waals surface area contributed by atoms with Crippen LogP contribution in [0.25, 0.3) is 11.3 Å². The maximum atomic E-state index is 14.0. The van der Waals surface area contributed by atoms with Crippen LogP contribution in [0.3, 0.4) is 0 Å². The number of aromatic nitrogens is 1. The largest absolute Gasteiger partial charge is 0.493 e. The number of thiazole rings is 1. The molecule has 9 heteroatoms. The number of benzene rings is 2. The van der Waals surface area contributed by atoms with E-state index in [0.717, 1.165) is 16.9 Å². The molecule has 2 N–H and O–H groups in total. The number of rotatable bonds is 4. The van der Waals surface area contributed by atoms with Gasteiger partial charge in [0.1, 0.15) is 11.6 Å². The molecule has 1 aromatic heterocycles. The number of hydrogen-bond acceptors (Lipinski definition) is 5. The molecule has 0 aliphatic carbocycles. The van der Waals surface area contributed by atoms with Gasteiger partial charge < -0.3 is 10.1 Å². The van der Waals surface area contributed by atoms with Crippen molar-refractivity contribution in [1.29, 1.82) is 0 Å². The summed E-state index contributed by atoms with van der Waals surface area (Å²) >= 11 is 7.17. The lowest BCUT2D eigenvalue weighted by atomic mass is 9.97. The number of nitrogens with one attached hydrogen (secondary N) is 2. The topological polar surface area (TPSA) is 80.3 Å². The Kier molecular flexibility index (Phi) is 5.69. The van der Waals surface area contributed by atoms with E-state index in [9.17, 15) is 14.0 Å². The molecule has 1 unspecified atom stereocenters. The number of nitrogens with zero attached hydrogens (tertiary/aromatic N) is 1. The smallest absolute Gasteiger partial charge is 0.261 e. The lowest BCUT2D eigenvalue weighted by Gasteiger charge is -2.26. The van der Waals surface area contributed by atoms with E-state index in [-0.39, 0.29) is 22.5 Å². The van der Waals surface area contributed by atoms with Crippen molar-refractivity contribution in [1.82, 2.24) is 10.3 Å². The summed E-state index contributed by atoms with van der Waals surface area (Å²) in [7, 11) is 0. The van der Waals surface area contributed by atoms with E-state index >= 15 is 0 Å². The molecule has 2 heterocycles. The Labute approximate surface area is 181 Å². The number of halogens is 2. The van der Waals surface area contributed by atoms with E-state index in [1.165, 1.54) is 36.5 Å². The fraction of sp³-hybridized carbons (Fsp3) is 0.190. The second kappa shape index (κ2) is 8.41. The number of anilines is 1. The number of amides is 2. The zero-order valence-corrected chi connectivity index (χ0v) is 17.4. The van der Waals surface area contributed by atoms with E-state index in [1.54, 1.807) is 5.38 Å². The van der Waals surface area contributed by atoms with Crippen LogP contribution in [0.4, 0.5) is 9.52 Å². The van der Waals surface area contributed by atoms with Gasteiger partial charge in [-0.3, -0.25) is 14.9 Å². The second-order valence-electron chi connectivity index (χ2n) is 6.73. The minimum absolute atomic E-state index is 0.0305. The molecular weight excluding hydrogens is 429 g/mol. The molecular formula is C21H17ClFN3O3S. The highest BCUT2D eigenvalue weighted by atomic mass is 35.5. The number of carbonyl (C=O) groups excluding carboxylic acids is 2. The van der Waals surface area contributed by atoms with Gasteiger partial charge >= 0.3 is 0 Å². The minimum atomic E-state index is -0.699. The Bertz CT molecular complexity index is 1110. The molecule has 1 atom stereocenters. The first-order valence-corrected chi connectivity index (χ1v) is 10.4. The normalized spacial score (nSPS) is 15.1. The van der Waals surface area contributed by atoms with Gasteiger partial charge in [0.25, 0.3) is 5.91 Å². The Balaban J connectivity index is 1.57. The molecule has 0 fully saturated rings.